The molecule has 0 radical (unpaired) electrons. The van der Waals surface area contributed by atoms with E-state index in [1.165, 1.54) is 0 Å². The summed E-state index contributed by atoms with van der Waals surface area (Å²) in [7, 11) is 0. The summed E-state index contributed by atoms with van der Waals surface area (Å²) in [5.41, 5.74) is 1.70. The molecule has 0 aromatic carbocycles. The number of aromatic nitrogens is 1. The van der Waals surface area contributed by atoms with Crippen molar-refractivity contribution in [3.63, 3.8) is 0 Å². The molecule has 1 rings (SSSR count). The number of hydrogen-bond acceptors (Lipinski definition) is 1. The number of aryl methyl sites for hydroxylation is 1. The minimum absolute atomic E-state index is 0.0434. The van der Waals surface area contributed by atoms with Crippen molar-refractivity contribution < 1.29 is 4.79 Å². The second-order valence-corrected chi connectivity index (χ2v) is 3.22. The normalized spacial score (nSPS) is 10.3. The van der Waals surface area contributed by atoms with Gasteiger partial charge in [-0.2, -0.15) is 0 Å². The van der Waals surface area contributed by atoms with E-state index in [0.717, 1.165) is 5.56 Å². The average Bonchev–Trinajstić information content (AvgIpc) is 2.34. The van der Waals surface area contributed by atoms with Crippen molar-refractivity contribution in [1.29, 1.82) is 0 Å². The molecule has 3 heteroatoms. The molecular formula is C9H14N2O. The first-order valence-corrected chi connectivity index (χ1v) is 4.05. The first-order chi connectivity index (χ1) is 5.59. The zero-order chi connectivity index (χ0) is 9.14. The number of aromatic amines is 1. The van der Waals surface area contributed by atoms with Gasteiger partial charge >= 0.3 is 0 Å². The van der Waals surface area contributed by atoms with Gasteiger partial charge in [-0.25, -0.2) is 0 Å². The van der Waals surface area contributed by atoms with Gasteiger partial charge in [-0.05, 0) is 32.4 Å². The number of nitrogens with one attached hydrogen (secondary N) is 2. The molecule has 1 aromatic rings. The fourth-order valence-electron chi connectivity index (χ4n) is 0.974. The molecular weight excluding hydrogens is 152 g/mol. The molecule has 0 aliphatic carbocycles. The van der Waals surface area contributed by atoms with Gasteiger partial charge < -0.3 is 10.3 Å². The van der Waals surface area contributed by atoms with Crippen molar-refractivity contribution in [1.82, 2.24) is 10.3 Å². The predicted molar refractivity (Wildman–Crippen MR) is 48.1 cm³/mol. The van der Waals surface area contributed by atoms with Crippen LogP contribution in [-0.4, -0.2) is 16.9 Å². The minimum atomic E-state index is -0.0434. The Morgan fingerprint density at radius 1 is 1.58 bits per heavy atom. The summed E-state index contributed by atoms with van der Waals surface area (Å²) in [6, 6.07) is 2.01. The summed E-state index contributed by atoms with van der Waals surface area (Å²) in [5, 5.41) is 2.80. The Labute approximate surface area is 72.2 Å². The van der Waals surface area contributed by atoms with Crippen LogP contribution in [0.4, 0.5) is 0 Å². The van der Waals surface area contributed by atoms with E-state index < -0.39 is 0 Å². The van der Waals surface area contributed by atoms with Gasteiger partial charge in [-0.1, -0.05) is 0 Å². The van der Waals surface area contributed by atoms with Gasteiger partial charge in [-0.15, -0.1) is 0 Å². The number of rotatable bonds is 2. The van der Waals surface area contributed by atoms with Crippen LogP contribution < -0.4 is 5.32 Å². The number of hydrogen-bond donors (Lipinski definition) is 2. The van der Waals surface area contributed by atoms with Crippen molar-refractivity contribution >= 4 is 5.91 Å². The van der Waals surface area contributed by atoms with Crippen LogP contribution in [0, 0.1) is 6.92 Å². The van der Waals surface area contributed by atoms with E-state index in [1.807, 2.05) is 33.0 Å². The van der Waals surface area contributed by atoms with Gasteiger partial charge in [0.15, 0.2) is 0 Å². The van der Waals surface area contributed by atoms with Crippen molar-refractivity contribution in [3.05, 3.63) is 23.5 Å². The number of carbonyl (C=O) groups excluding carboxylic acids is 1. The third kappa shape index (κ3) is 2.12. The Kier molecular flexibility index (Phi) is 2.53. The van der Waals surface area contributed by atoms with E-state index in [9.17, 15) is 4.79 Å². The van der Waals surface area contributed by atoms with Crippen LogP contribution in [-0.2, 0) is 0 Å². The summed E-state index contributed by atoms with van der Waals surface area (Å²) < 4.78 is 0. The smallest absolute Gasteiger partial charge is 0.267 e. The third-order valence-corrected chi connectivity index (χ3v) is 1.49. The topological polar surface area (TPSA) is 44.9 Å². The SMILES string of the molecule is Cc1c[nH]c(C(=O)NC(C)C)c1. The Bertz CT molecular complexity index is 276. The maximum Gasteiger partial charge on any atom is 0.267 e. The molecule has 0 saturated carbocycles. The predicted octanol–water partition coefficient (Wildman–Crippen LogP) is 1.46. The average molecular weight is 166 g/mol. The summed E-state index contributed by atoms with van der Waals surface area (Å²) in [4.78, 5) is 14.2. The molecule has 0 saturated heterocycles. The van der Waals surface area contributed by atoms with E-state index in [2.05, 4.69) is 10.3 Å². The summed E-state index contributed by atoms with van der Waals surface area (Å²) in [6.07, 6.45) is 1.81. The summed E-state index contributed by atoms with van der Waals surface area (Å²) in [5.74, 6) is -0.0434. The number of H-pyrrole nitrogens is 1. The Morgan fingerprint density at radius 3 is 2.67 bits per heavy atom. The molecule has 2 N–H and O–H groups in total. The van der Waals surface area contributed by atoms with Crippen LogP contribution >= 0.6 is 0 Å². The maximum atomic E-state index is 11.3. The molecule has 1 heterocycles. The standard InChI is InChI=1S/C9H14N2O/c1-6(2)11-9(12)8-4-7(3)5-10-8/h4-6,10H,1-3H3,(H,11,12). The second kappa shape index (κ2) is 3.43. The lowest BCUT2D eigenvalue weighted by Crippen LogP contribution is -2.30. The van der Waals surface area contributed by atoms with Gasteiger partial charge in [0.2, 0.25) is 0 Å². The van der Waals surface area contributed by atoms with Crippen LogP contribution in [0.3, 0.4) is 0 Å². The molecule has 0 aliphatic heterocycles. The summed E-state index contributed by atoms with van der Waals surface area (Å²) in [6.45, 7) is 5.82. The van der Waals surface area contributed by atoms with Gasteiger partial charge in [-0.3, -0.25) is 4.79 Å². The Morgan fingerprint density at radius 2 is 2.25 bits per heavy atom. The van der Waals surface area contributed by atoms with Crippen LogP contribution in [0.2, 0.25) is 0 Å². The van der Waals surface area contributed by atoms with Crippen molar-refractivity contribution in [2.75, 3.05) is 0 Å². The molecule has 1 aromatic heterocycles. The Balaban J connectivity index is 2.65. The van der Waals surface area contributed by atoms with E-state index >= 15 is 0 Å². The number of amides is 1. The quantitative estimate of drug-likeness (QED) is 0.686. The molecule has 3 nitrogen and oxygen atoms in total. The molecule has 12 heavy (non-hydrogen) atoms. The Hall–Kier alpha value is -1.25. The molecule has 0 aliphatic rings. The van der Waals surface area contributed by atoms with Gasteiger partial charge in [0.05, 0.1) is 0 Å². The van der Waals surface area contributed by atoms with Crippen LogP contribution in [0.1, 0.15) is 29.9 Å². The highest BCUT2D eigenvalue weighted by molar-refractivity contribution is 5.92. The maximum absolute atomic E-state index is 11.3. The van der Waals surface area contributed by atoms with Gasteiger partial charge in [0.25, 0.3) is 5.91 Å². The molecule has 1 amide bonds. The lowest BCUT2D eigenvalue weighted by molar-refractivity contribution is 0.0938. The molecule has 0 spiro atoms. The summed E-state index contributed by atoms with van der Waals surface area (Å²) >= 11 is 0. The van der Waals surface area contributed by atoms with Crippen LogP contribution in [0.5, 0.6) is 0 Å². The first-order valence-electron chi connectivity index (χ1n) is 4.05. The van der Waals surface area contributed by atoms with Gasteiger partial charge in [0.1, 0.15) is 5.69 Å². The van der Waals surface area contributed by atoms with E-state index in [-0.39, 0.29) is 11.9 Å². The highest BCUT2D eigenvalue weighted by atomic mass is 16.1. The second-order valence-electron chi connectivity index (χ2n) is 3.22. The monoisotopic (exact) mass is 166 g/mol. The van der Waals surface area contributed by atoms with Crippen LogP contribution in [0.15, 0.2) is 12.3 Å². The molecule has 66 valence electrons. The molecule has 0 bridgehead atoms. The molecule has 0 atom stereocenters. The van der Waals surface area contributed by atoms with Crippen molar-refractivity contribution in [3.8, 4) is 0 Å². The van der Waals surface area contributed by atoms with Gasteiger partial charge in [0, 0.05) is 12.2 Å². The zero-order valence-electron chi connectivity index (χ0n) is 7.64. The fraction of sp³-hybridized carbons (Fsp3) is 0.444. The van der Waals surface area contributed by atoms with E-state index in [1.54, 1.807) is 0 Å². The molecule has 0 fully saturated rings. The highest BCUT2D eigenvalue weighted by Crippen LogP contribution is 2.01. The van der Waals surface area contributed by atoms with E-state index in [0.29, 0.717) is 5.69 Å². The minimum Gasteiger partial charge on any atom is -0.357 e. The van der Waals surface area contributed by atoms with Crippen LogP contribution in [0.25, 0.3) is 0 Å². The lowest BCUT2D eigenvalue weighted by Gasteiger charge is -2.05. The molecule has 0 unspecified atom stereocenters. The van der Waals surface area contributed by atoms with Crippen molar-refractivity contribution in [2.24, 2.45) is 0 Å². The van der Waals surface area contributed by atoms with Crippen molar-refractivity contribution in [2.45, 2.75) is 26.8 Å². The number of carbonyl (C=O) groups is 1. The first kappa shape index (κ1) is 8.84. The fourth-order valence-corrected chi connectivity index (χ4v) is 0.974. The largest absolute Gasteiger partial charge is 0.357 e. The van der Waals surface area contributed by atoms with E-state index in [4.69, 9.17) is 0 Å². The zero-order valence-corrected chi connectivity index (χ0v) is 7.64. The third-order valence-electron chi connectivity index (χ3n) is 1.49. The highest BCUT2D eigenvalue weighted by Gasteiger charge is 2.07. The lowest BCUT2D eigenvalue weighted by atomic mass is 10.3.